The SMILES string of the molecule is CC1(c2ccncc2)Nc2cc(Cl)ccc2-c2ccnn21. The molecule has 0 spiro atoms. The molecule has 0 fully saturated rings. The van der Waals surface area contributed by atoms with Crippen LogP contribution >= 0.6 is 11.6 Å². The van der Waals surface area contributed by atoms with Crippen molar-refractivity contribution >= 4 is 17.3 Å². The minimum atomic E-state index is -0.473. The molecule has 3 aromatic rings. The van der Waals surface area contributed by atoms with E-state index in [4.69, 9.17) is 11.6 Å². The fourth-order valence-corrected chi connectivity index (χ4v) is 3.07. The first kappa shape index (κ1) is 12.4. The Labute approximate surface area is 127 Å². The van der Waals surface area contributed by atoms with E-state index in [0.717, 1.165) is 22.5 Å². The lowest BCUT2D eigenvalue weighted by Gasteiger charge is -2.38. The number of hydrogen-bond donors (Lipinski definition) is 1. The zero-order chi connectivity index (χ0) is 14.4. The van der Waals surface area contributed by atoms with Crippen LogP contribution in [0.25, 0.3) is 11.3 Å². The molecule has 0 aliphatic carbocycles. The second-order valence-corrected chi connectivity index (χ2v) is 5.69. The minimum Gasteiger partial charge on any atom is -0.357 e. The maximum absolute atomic E-state index is 6.14. The monoisotopic (exact) mass is 296 g/mol. The predicted octanol–water partition coefficient (Wildman–Crippen LogP) is 3.75. The Bertz CT molecular complexity index is 812. The third-order valence-corrected chi connectivity index (χ3v) is 4.18. The van der Waals surface area contributed by atoms with Crippen LogP contribution in [0.15, 0.2) is 55.0 Å². The Morgan fingerprint density at radius 2 is 1.90 bits per heavy atom. The first-order chi connectivity index (χ1) is 10.2. The van der Waals surface area contributed by atoms with Gasteiger partial charge in [-0.25, -0.2) is 4.68 Å². The molecule has 0 bridgehead atoms. The Morgan fingerprint density at radius 1 is 1.10 bits per heavy atom. The largest absolute Gasteiger partial charge is 0.357 e. The highest BCUT2D eigenvalue weighted by atomic mass is 35.5. The van der Waals surface area contributed by atoms with E-state index in [1.807, 2.05) is 47.3 Å². The van der Waals surface area contributed by atoms with Crippen LogP contribution in [0.5, 0.6) is 0 Å². The first-order valence-corrected chi connectivity index (χ1v) is 7.09. The van der Waals surface area contributed by atoms with E-state index in [1.54, 1.807) is 12.4 Å². The summed E-state index contributed by atoms with van der Waals surface area (Å²) in [6.45, 7) is 2.10. The van der Waals surface area contributed by atoms with Crippen molar-refractivity contribution in [3.05, 3.63) is 65.6 Å². The van der Waals surface area contributed by atoms with E-state index in [1.165, 1.54) is 0 Å². The van der Waals surface area contributed by atoms with Crippen LogP contribution in [0.3, 0.4) is 0 Å². The van der Waals surface area contributed by atoms with E-state index in [9.17, 15) is 0 Å². The molecule has 1 aliphatic rings. The molecule has 0 saturated heterocycles. The Balaban J connectivity index is 1.98. The quantitative estimate of drug-likeness (QED) is 0.744. The molecule has 4 nitrogen and oxygen atoms in total. The summed E-state index contributed by atoms with van der Waals surface area (Å²) in [6, 6.07) is 11.9. The third kappa shape index (κ3) is 1.76. The maximum atomic E-state index is 6.14. The molecular formula is C16H13ClN4. The van der Waals surface area contributed by atoms with Gasteiger partial charge in [-0.2, -0.15) is 5.10 Å². The van der Waals surface area contributed by atoms with Gasteiger partial charge in [-0.05, 0) is 43.3 Å². The second kappa shape index (κ2) is 4.33. The van der Waals surface area contributed by atoms with Crippen molar-refractivity contribution in [1.29, 1.82) is 0 Å². The van der Waals surface area contributed by atoms with Gasteiger partial charge in [0.2, 0.25) is 0 Å². The van der Waals surface area contributed by atoms with Crippen LogP contribution < -0.4 is 5.32 Å². The number of benzene rings is 1. The smallest absolute Gasteiger partial charge is 0.155 e. The number of nitrogens with one attached hydrogen (secondary N) is 1. The number of aromatic nitrogens is 3. The molecule has 104 valence electrons. The van der Waals surface area contributed by atoms with Crippen LogP contribution in [0.4, 0.5) is 5.69 Å². The zero-order valence-electron chi connectivity index (χ0n) is 11.4. The number of halogens is 1. The van der Waals surface area contributed by atoms with E-state index >= 15 is 0 Å². The number of hydrogen-bond acceptors (Lipinski definition) is 3. The van der Waals surface area contributed by atoms with Crippen molar-refractivity contribution in [3.63, 3.8) is 0 Å². The van der Waals surface area contributed by atoms with Crippen molar-refractivity contribution in [1.82, 2.24) is 14.8 Å². The Morgan fingerprint density at radius 3 is 2.71 bits per heavy atom. The normalized spacial score (nSPS) is 19.5. The highest BCUT2D eigenvalue weighted by molar-refractivity contribution is 6.31. The molecule has 0 amide bonds. The molecule has 0 saturated carbocycles. The molecule has 5 heteroatoms. The fraction of sp³-hybridized carbons (Fsp3) is 0.125. The van der Waals surface area contributed by atoms with Gasteiger partial charge < -0.3 is 5.32 Å². The van der Waals surface area contributed by atoms with Gasteiger partial charge in [0.1, 0.15) is 0 Å². The lowest BCUT2D eigenvalue weighted by atomic mass is 9.96. The van der Waals surface area contributed by atoms with Crippen molar-refractivity contribution in [2.24, 2.45) is 0 Å². The van der Waals surface area contributed by atoms with E-state index in [0.29, 0.717) is 5.02 Å². The van der Waals surface area contributed by atoms with Crippen LogP contribution in [0.2, 0.25) is 5.02 Å². The maximum Gasteiger partial charge on any atom is 0.155 e. The van der Waals surface area contributed by atoms with E-state index in [2.05, 4.69) is 22.3 Å². The summed E-state index contributed by atoms with van der Waals surface area (Å²) in [6.07, 6.45) is 5.40. The number of rotatable bonds is 1. The molecule has 0 radical (unpaired) electrons. The summed E-state index contributed by atoms with van der Waals surface area (Å²) < 4.78 is 2.00. The molecule has 4 rings (SSSR count). The summed E-state index contributed by atoms with van der Waals surface area (Å²) in [7, 11) is 0. The number of fused-ring (bicyclic) bond motifs is 3. The highest BCUT2D eigenvalue weighted by Crippen LogP contribution is 2.41. The van der Waals surface area contributed by atoms with Crippen molar-refractivity contribution < 1.29 is 0 Å². The minimum absolute atomic E-state index is 0.473. The number of nitrogens with zero attached hydrogens (tertiary/aromatic N) is 3. The fourth-order valence-electron chi connectivity index (χ4n) is 2.89. The Hall–Kier alpha value is -2.33. The molecule has 1 atom stereocenters. The third-order valence-electron chi connectivity index (χ3n) is 3.94. The van der Waals surface area contributed by atoms with Crippen LogP contribution in [0, 0.1) is 0 Å². The van der Waals surface area contributed by atoms with Gasteiger partial charge in [0.25, 0.3) is 0 Å². The summed E-state index contributed by atoms with van der Waals surface area (Å²) in [5.41, 5.74) is 3.80. The predicted molar refractivity (Wildman–Crippen MR) is 83.3 cm³/mol. The van der Waals surface area contributed by atoms with Gasteiger partial charge in [-0.1, -0.05) is 11.6 Å². The van der Waals surface area contributed by atoms with Crippen molar-refractivity contribution in [3.8, 4) is 11.3 Å². The van der Waals surface area contributed by atoms with Crippen LogP contribution in [-0.2, 0) is 5.66 Å². The average Bonchev–Trinajstić information content (AvgIpc) is 2.98. The molecular weight excluding hydrogens is 284 g/mol. The topological polar surface area (TPSA) is 42.7 Å². The number of anilines is 1. The standard InChI is InChI=1S/C16H13ClN4/c1-16(11-4-7-18-8-5-11)20-14-10-12(17)2-3-13(14)15-6-9-19-21(15)16/h2-10,20H,1H3. The summed E-state index contributed by atoms with van der Waals surface area (Å²) in [5, 5.41) is 8.78. The van der Waals surface area contributed by atoms with Gasteiger partial charge in [-0.15, -0.1) is 0 Å². The summed E-state index contributed by atoms with van der Waals surface area (Å²) in [4.78, 5) is 4.09. The summed E-state index contributed by atoms with van der Waals surface area (Å²) in [5.74, 6) is 0. The van der Waals surface area contributed by atoms with Gasteiger partial charge >= 0.3 is 0 Å². The molecule has 1 aromatic carbocycles. The average molecular weight is 297 g/mol. The molecule has 1 aliphatic heterocycles. The molecule has 3 heterocycles. The number of pyridine rings is 1. The van der Waals surface area contributed by atoms with Gasteiger partial charge in [0.15, 0.2) is 5.66 Å². The van der Waals surface area contributed by atoms with Crippen LogP contribution in [0.1, 0.15) is 12.5 Å². The Kier molecular flexibility index (Phi) is 2.56. The van der Waals surface area contributed by atoms with Gasteiger partial charge in [0.05, 0.1) is 5.69 Å². The molecule has 1 unspecified atom stereocenters. The zero-order valence-corrected chi connectivity index (χ0v) is 12.2. The molecule has 21 heavy (non-hydrogen) atoms. The molecule has 1 N–H and O–H groups in total. The first-order valence-electron chi connectivity index (χ1n) is 6.71. The van der Waals surface area contributed by atoms with Gasteiger partial charge in [0, 0.05) is 40.4 Å². The molecule has 2 aromatic heterocycles. The highest BCUT2D eigenvalue weighted by Gasteiger charge is 2.36. The lowest BCUT2D eigenvalue weighted by molar-refractivity contribution is 0.403. The van der Waals surface area contributed by atoms with Crippen molar-refractivity contribution in [2.75, 3.05) is 5.32 Å². The summed E-state index contributed by atoms with van der Waals surface area (Å²) >= 11 is 6.14. The van der Waals surface area contributed by atoms with E-state index in [-0.39, 0.29) is 0 Å². The van der Waals surface area contributed by atoms with Crippen molar-refractivity contribution in [2.45, 2.75) is 12.6 Å². The van der Waals surface area contributed by atoms with E-state index < -0.39 is 5.66 Å². The lowest BCUT2D eigenvalue weighted by Crippen LogP contribution is -2.43. The second-order valence-electron chi connectivity index (χ2n) is 5.25. The van der Waals surface area contributed by atoms with Gasteiger partial charge in [-0.3, -0.25) is 4.98 Å². The van der Waals surface area contributed by atoms with Crippen LogP contribution in [-0.4, -0.2) is 14.8 Å².